The van der Waals surface area contributed by atoms with E-state index in [0.29, 0.717) is 17.7 Å². The minimum absolute atomic E-state index is 0.403. The molecule has 0 radical (unpaired) electrons. The fourth-order valence-electron chi connectivity index (χ4n) is 2.05. The van der Waals surface area contributed by atoms with Crippen LogP contribution >= 0.6 is 12.2 Å². The summed E-state index contributed by atoms with van der Waals surface area (Å²) in [6.07, 6.45) is 6.74. The molecule has 3 heteroatoms. The van der Waals surface area contributed by atoms with Crippen LogP contribution in [0.25, 0.3) is 0 Å². The molecule has 13 heavy (non-hydrogen) atoms. The van der Waals surface area contributed by atoms with Gasteiger partial charge in [-0.3, -0.25) is 0 Å². The molecule has 0 heterocycles. The van der Waals surface area contributed by atoms with Crippen LogP contribution in [-0.4, -0.2) is 17.7 Å². The lowest BCUT2D eigenvalue weighted by atomic mass is 9.85. The molecule has 0 spiro atoms. The Labute approximate surface area is 85.8 Å². The molecule has 0 saturated heterocycles. The molecule has 2 nitrogen and oxygen atoms in total. The summed E-state index contributed by atoms with van der Waals surface area (Å²) in [4.78, 5) is 0.473. The van der Waals surface area contributed by atoms with E-state index < -0.39 is 0 Å². The van der Waals surface area contributed by atoms with Gasteiger partial charge >= 0.3 is 0 Å². The summed E-state index contributed by atoms with van der Waals surface area (Å²) in [5.41, 5.74) is 5.40. The molecule has 1 fully saturated rings. The highest BCUT2D eigenvalue weighted by atomic mass is 32.1. The molecular weight excluding hydrogens is 182 g/mol. The lowest BCUT2D eigenvalue weighted by Gasteiger charge is -2.30. The van der Waals surface area contributed by atoms with Gasteiger partial charge in [0, 0.05) is 0 Å². The number of thiocarbonyl (C=S) groups is 1. The number of hydrogen-bond acceptors (Lipinski definition) is 2. The van der Waals surface area contributed by atoms with Crippen LogP contribution in [0.4, 0.5) is 0 Å². The minimum atomic E-state index is 0.403. The van der Waals surface area contributed by atoms with E-state index in [9.17, 15) is 0 Å². The van der Waals surface area contributed by atoms with Crippen LogP contribution in [0.3, 0.4) is 0 Å². The Kier molecular flexibility index (Phi) is 4.67. The second-order valence-electron chi connectivity index (χ2n) is 3.77. The average molecular weight is 201 g/mol. The van der Waals surface area contributed by atoms with Gasteiger partial charge in [-0.05, 0) is 18.8 Å². The highest BCUT2D eigenvalue weighted by molar-refractivity contribution is 7.80. The van der Waals surface area contributed by atoms with Gasteiger partial charge < -0.3 is 10.5 Å². The highest BCUT2D eigenvalue weighted by Crippen LogP contribution is 2.28. The van der Waals surface area contributed by atoms with Crippen molar-refractivity contribution in [1.29, 1.82) is 0 Å². The molecule has 0 aromatic heterocycles. The van der Waals surface area contributed by atoms with Crippen molar-refractivity contribution in [2.75, 3.05) is 6.61 Å². The zero-order chi connectivity index (χ0) is 9.68. The van der Waals surface area contributed by atoms with Gasteiger partial charge in [0.05, 0.1) is 17.7 Å². The van der Waals surface area contributed by atoms with Gasteiger partial charge in [0.1, 0.15) is 0 Å². The second-order valence-corrected chi connectivity index (χ2v) is 4.29. The van der Waals surface area contributed by atoms with E-state index in [1.807, 2.05) is 0 Å². The summed E-state index contributed by atoms with van der Waals surface area (Å²) >= 11 is 4.79. The van der Waals surface area contributed by atoms with Gasteiger partial charge in [-0.1, -0.05) is 38.4 Å². The molecule has 0 amide bonds. The SMILES string of the molecule is CCC1CCCCC1OCC(N)=S. The van der Waals surface area contributed by atoms with Crippen LogP contribution < -0.4 is 5.73 Å². The van der Waals surface area contributed by atoms with Gasteiger partial charge in [-0.2, -0.15) is 0 Å². The summed E-state index contributed by atoms with van der Waals surface area (Å²) in [6.45, 7) is 2.68. The maximum absolute atomic E-state index is 5.68. The van der Waals surface area contributed by atoms with Crippen molar-refractivity contribution in [2.24, 2.45) is 11.7 Å². The van der Waals surface area contributed by atoms with Gasteiger partial charge in [-0.15, -0.1) is 0 Å². The fourth-order valence-corrected chi connectivity index (χ4v) is 2.12. The van der Waals surface area contributed by atoms with E-state index in [0.717, 1.165) is 5.92 Å². The van der Waals surface area contributed by atoms with Gasteiger partial charge in [0.2, 0.25) is 0 Å². The van der Waals surface area contributed by atoms with Crippen molar-refractivity contribution < 1.29 is 4.74 Å². The Hall–Kier alpha value is -0.150. The van der Waals surface area contributed by atoms with Crippen molar-refractivity contribution in [3.8, 4) is 0 Å². The van der Waals surface area contributed by atoms with E-state index in [-0.39, 0.29) is 0 Å². The lowest BCUT2D eigenvalue weighted by Crippen LogP contribution is -2.30. The van der Waals surface area contributed by atoms with E-state index in [1.54, 1.807) is 0 Å². The van der Waals surface area contributed by atoms with Crippen LogP contribution in [0, 0.1) is 5.92 Å². The van der Waals surface area contributed by atoms with E-state index >= 15 is 0 Å². The number of ether oxygens (including phenoxy) is 1. The molecule has 0 aliphatic heterocycles. The van der Waals surface area contributed by atoms with Crippen molar-refractivity contribution in [3.05, 3.63) is 0 Å². The standard InChI is InChI=1S/C10H19NOS/c1-2-8-5-3-4-6-9(8)12-7-10(11)13/h8-9H,2-7H2,1H3,(H2,11,13). The van der Waals surface area contributed by atoms with Crippen molar-refractivity contribution in [2.45, 2.75) is 45.1 Å². The van der Waals surface area contributed by atoms with Crippen LogP contribution in [0.2, 0.25) is 0 Å². The molecule has 1 rings (SSSR count). The number of nitrogens with two attached hydrogens (primary N) is 1. The van der Waals surface area contributed by atoms with Crippen molar-refractivity contribution >= 4 is 17.2 Å². The topological polar surface area (TPSA) is 35.2 Å². The summed E-state index contributed by atoms with van der Waals surface area (Å²) < 4.78 is 5.68. The van der Waals surface area contributed by atoms with Crippen LogP contribution in [0.5, 0.6) is 0 Å². The lowest BCUT2D eigenvalue weighted by molar-refractivity contribution is 0.00803. The molecule has 0 aromatic carbocycles. The molecule has 1 saturated carbocycles. The largest absolute Gasteiger partial charge is 0.391 e. The third-order valence-electron chi connectivity index (χ3n) is 2.80. The molecular formula is C10H19NOS. The Morgan fingerprint density at radius 1 is 1.46 bits per heavy atom. The quantitative estimate of drug-likeness (QED) is 0.709. The Morgan fingerprint density at radius 2 is 2.15 bits per heavy atom. The minimum Gasteiger partial charge on any atom is -0.391 e. The number of hydrogen-bond donors (Lipinski definition) is 1. The summed E-state index contributed by atoms with van der Waals surface area (Å²) in [6, 6.07) is 0. The van der Waals surface area contributed by atoms with Gasteiger partial charge in [0.15, 0.2) is 0 Å². The predicted octanol–water partition coefficient (Wildman–Crippen LogP) is 2.26. The van der Waals surface area contributed by atoms with Gasteiger partial charge in [-0.25, -0.2) is 0 Å². The number of rotatable bonds is 4. The molecule has 2 atom stereocenters. The van der Waals surface area contributed by atoms with Crippen molar-refractivity contribution in [3.63, 3.8) is 0 Å². The maximum Gasteiger partial charge on any atom is 0.0989 e. The first-order valence-electron chi connectivity index (χ1n) is 5.14. The monoisotopic (exact) mass is 201 g/mol. The summed E-state index contributed by atoms with van der Waals surface area (Å²) in [5, 5.41) is 0. The fraction of sp³-hybridized carbons (Fsp3) is 0.900. The normalized spacial score (nSPS) is 28.7. The average Bonchev–Trinajstić information content (AvgIpc) is 2.15. The molecule has 1 aliphatic rings. The van der Waals surface area contributed by atoms with E-state index in [1.165, 1.54) is 32.1 Å². The molecule has 2 N–H and O–H groups in total. The molecule has 76 valence electrons. The van der Waals surface area contributed by atoms with Crippen molar-refractivity contribution in [1.82, 2.24) is 0 Å². The zero-order valence-electron chi connectivity index (χ0n) is 8.29. The maximum atomic E-state index is 5.68. The summed E-state index contributed by atoms with van der Waals surface area (Å²) in [5.74, 6) is 0.725. The Balaban J connectivity index is 2.31. The second kappa shape index (κ2) is 5.55. The summed E-state index contributed by atoms with van der Waals surface area (Å²) in [7, 11) is 0. The third kappa shape index (κ3) is 3.61. The van der Waals surface area contributed by atoms with Gasteiger partial charge in [0.25, 0.3) is 0 Å². The third-order valence-corrected chi connectivity index (χ3v) is 2.92. The first kappa shape index (κ1) is 10.9. The first-order chi connectivity index (χ1) is 6.24. The molecule has 1 aliphatic carbocycles. The Bertz CT molecular complexity index is 172. The van der Waals surface area contributed by atoms with Crippen LogP contribution in [-0.2, 0) is 4.74 Å². The van der Waals surface area contributed by atoms with Crippen LogP contribution in [0.1, 0.15) is 39.0 Å². The first-order valence-corrected chi connectivity index (χ1v) is 5.54. The molecule has 0 aromatic rings. The van der Waals surface area contributed by atoms with E-state index in [4.69, 9.17) is 22.7 Å². The molecule has 2 unspecified atom stereocenters. The molecule has 0 bridgehead atoms. The smallest absolute Gasteiger partial charge is 0.0989 e. The van der Waals surface area contributed by atoms with E-state index in [2.05, 4.69) is 6.92 Å². The zero-order valence-corrected chi connectivity index (χ0v) is 9.11. The predicted molar refractivity (Wildman–Crippen MR) is 58.8 cm³/mol. The highest BCUT2D eigenvalue weighted by Gasteiger charge is 2.23. The Morgan fingerprint density at radius 3 is 2.77 bits per heavy atom. The van der Waals surface area contributed by atoms with Crippen LogP contribution in [0.15, 0.2) is 0 Å².